The highest BCUT2D eigenvalue weighted by Crippen LogP contribution is 2.28. The van der Waals surface area contributed by atoms with Crippen molar-refractivity contribution in [3.8, 4) is 11.3 Å². The zero-order valence-corrected chi connectivity index (χ0v) is 14.3. The molecule has 0 fully saturated rings. The van der Waals surface area contributed by atoms with Crippen LogP contribution in [-0.2, 0) is 5.75 Å². The van der Waals surface area contributed by atoms with E-state index in [9.17, 15) is 0 Å². The average Bonchev–Trinajstić information content (AvgIpc) is 2.96. The van der Waals surface area contributed by atoms with E-state index in [-0.39, 0.29) is 0 Å². The van der Waals surface area contributed by atoms with Crippen LogP contribution < -0.4 is 5.73 Å². The van der Waals surface area contributed by atoms with Crippen LogP contribution in [0.3, 0.4) is 0 Å². The number of anilines is 1. The lowest BCUT2D eigenvalue weighted by Gasteiger charge is -1.99. The molecular weight excluding hydrogens is 364 g/mol. The molecule has 106 valence electrons. The molecule has 0 bridgehead atoms. The molecule has 0 aliphatic heterocycles. The smallest absolute Gasteiger partial charge is 0.104 e. The zero-order valence-electron chi connectivity index (χ0n) is 11.1. The van der Waals surface area contributed by atoms with Gasteiger partial charge >= 0.3 is 0 Å². The first kappa shape index (κ1) is 14.6. The number of halogens is 1. The first-order chi connectivity index (χ1) is 10.2. The molecule has 0 amide bonds. The highest BCUT2D eigenvalue weighted by Gasteiger charge is 2.05. The quantitative estimate of drug-likeness (QED) is 0.486. The van der Waals surface area contributed by atoms with Gasteiger partial charge in [0.15, 0.2) is 0 Å². The normalized spacial score (nSPS) is 10.7. The van der Waals surface area contributed by atoms with E-state index in [4.69, 9.17) is 10.7 Å². The number of nitrogen functional groups attached to an aromatic ring is 1. The van der Waals surface area contributed by atoms with Crippen LogP contribution in [0, 0.1) is 0 Å². The summed E-state index contributed by atoms with van der Waals surface area (Å²) in [5.74, 6) is 0.890. The van der Waals surface area contributed by atoms with Gasteiger partial charge in [-0.15, -0.1) is 23.1 Å². The summed E-state index contributed by atoms with van der Waals surface area (Å²) in [5, 5.41) is 3.23. The van der Waals surface area contributed by atoms with Gasteiger partial charge in [0.1, 0.15) is 5.01 Å². The minimum atomic E-state index is 0.778. The van der Waals surface area contributed by atoms with Crippen LogP contribution in [0.4, 0.5) is 5.69 Å². The molecule has 5 heteroatoms. The molecule has 0 aliphatic rings. The molecule has 0 spiro atoms. The minimum Gasteiger partial charge on any atom is -0.399 e. The van der Waals surface area contributed by atoms with Gasteiger partial charge in [0, 0.05) is 26.0 Å². The van der Waals surface area contributed by atoms with Crippen molar-refractivity contribution in [2.45, 2.75) is 10.6 Å². The highest BCUT2D eigenvalue weighted by molar-refractivity contribution is 9.10. The summed E-state index contributed by atoms with van der Waals surface area (Å²) in [5.41, 5.74) is 8.62. The Morgan fingerprint density at radius 2 is 1.76 bits per heavy atom. The van der Waals surface area contributed by atoms with Crippen LogP contribution in [0.15, 0.2) is 63.3 Å². The molecule has 21 heavy (non-hydrogen) atoms. The second-order valence-electron chi connectivity index (χ2n) is 4.49. The van der Waals surface area contributed by atoms with Crippen molar-refractivity contribution in [2.24, 2.45) is 0 Å². The van der Waals surface area contributed by atoms with Crippen molar-refractivity contribution in [1.29, 1.82) is 0 Å². The van der Waals surface area contributed by atoms with Crippen molar-refractivity contribution >= 4 is 44.7 Å². The Balaban J connectivity index is 1.67. The number of nitrogens with zero attached hydrogens (tertiary/aromatic N) is 1. The fourth-order valence-corrected chi connectivity index (χ4v) is 3.82. The topological polar surface area (TPSA) is 38.9 Å². The minimum absolute atomic E-state index is 0.778. The molecule has 0 saturated carbocycles. The number of benzene rings is 2. The van der Waals surface area contributed by atoms with Gasteiger partial charge in [0.2, 0.25) is 0 Å². The molecule has 0 aliphatic carbocycles. The number of nitrogens with two attached hydrogens (primary N) is 1. The summed E-state index contributed by atoms with van der Waals surface area (Å²) in [6.07, 6.45) is 0. The predicted octanol–water partition coefficient (Wildman–Crippen LogP) is 5.45. The molecule has 2 aromatic carbocycles. The van der Waals surface area contributed by atoms with E-state index in [0.717, 1.165) is 32.2 Å². The van der Waals surface area contributed by atoms with Crippen molar-refractivity contribution in [3.05, 3.63) is 63.4 Å². The first-order valence-corrected chi connectivity index (χ1v) is 9.05. The molecule has 2 nitrogen and oxygen atoms in total. The number of thioether (sulfide) groups is 1. The third kappa shape index (κ3) is 3.87. The Morgan fingerprint density at radius 1 is 1.05 bits per heavy atom. The largest absolute Gasteiger partial charge is 0.399 e. The number of hydrogen-bond donors (Lipinski definition) is 1. The molecule has 0 atom stereocenters. The van der Waals surface area contributed by atoms with Crippen molar-refractivity contribution in [3.63, 3.8) is 0 Å². The van der Waals surface area contributed by atoms with Gasteiger partial charge < -0.3 is 5.73 Å². The van der Waals surface area contributed by atoms with Crippen LogP contribution in [0.5, 0.6) is 0 Å². The van der Waals surface area contributed by atoms with Crippen LogP contribution in [0.1, 0.15) is 5.01 Å². The lowest BCUT2D eigenvalue weighted by atomic mass is 10.1. The Kier molecular flexibility index (Phi) is 4.63. The van der Waals surface area contributed by atoms with Gasteiger partial charge in [-0.1, -0.05) is 28.1 Å². The first-order valence-electron chi connectivity index (χ1n) is 6.39. The maximum atomic E-state index is 5.71. The SMILES string of the molecule is Nc1ccc(-c2csc(CSc3ccc(Br)cc3)n2)cc1. The summed E-state index contributed by atoms with van der Waals surface area (Å²) < 4.78 is 1.10. The third-order valence-electron chi connectivity index (χ3n) is 2.93. The van der Waals surface area contributed by atoms with Crippen LogP contribution >= 0.6 is 39.0 Å². The van der Waals surface area contributed by atoms with Crippen LogP contribution in [0.25, 0.3) is 11.3 Å². The monoisotopic (exact) mass is 376 g/mol. The number of hydrogen-bond acceptors (Lipinski definition) is 4. The fraction of sp³-hybridized carbons (Fsp3) is 0.0625. The summed E-state index contributed by atoms with van der Waals surface area (Å²) in [7, 11) is 0. The van der Waals surface area contributed by atoms with Gasteiger partial charge in [-0.05, 0) is 36.4 Å². The molecule has 1 aromatic heterocycles. The highest BCUT2D eigenvalue weighted by atomic mass is 79.9. The van der Waals surface area contributed by atoms with Gasteiger partial charge in [0.05, 0.1) is 11.4 Å². The fourth-order valence-electron chi connectivity index (χ4n) is 1.84. The van der Waals surface area contributed by atoms with E-state index in [1.54, 1.807) is 23.1 Å². The van der Waals surface area contributed by atoms with Crippen molar-refractivity contribution in [1.82, 2.24) is 4.98 Å². The van der Waals surface area contributed by atoms with Crippen molar-refractivity contribution < 1.29 is 0 Å². The summed E-state index contributed by atoms with van der Waals surface area (Å²) in [6.45, 7) is 0. The molecule has 3 rings (SSSR count). The second kappa shape index (κ2) is 6.64. The summed E-state index contributed by atoms with van der Waals surface area (Å²) in [6, 6.07) is 16.2. The summed E-state index contributed by atoms with van der Waals surface area (Å²) >= 11 is 6.95. The van der Waals surface area contributed by atoms with E-state index in [1.165, 1.54) is 4.90 Å². The second-order valence-corrected chi connectivity index (χ2v) is 7.40. The molecule has 0 unspecified atom stereocenters. The van der Waals surface area contributed by atoms with E-state index in [1.807, 2.05) is 24.3 Å². The molecule has 2 N–H and O–H groups in total. The maximum absolute atomic E-state index is 5.71. The van der Waals surface area contributed by atoms with E-state index in [2.05, 4.69) is 45.6 Å². The van der Waals surface area contributed by atoms with Gasteiger partial charge in [-0.25, -0.2) is 4.98 Å². The lowest BCUT2D eigenvalue weighted by Crippen LogP contribution is -1.85. The Bertz CT molecular complexity index is 721. The molecule has 3 aromatic rings. The van der Waals surface area contributed by atoms with Crippen LogP contribution in [0.2, 0.25) is 0 Å². The number of aromatic nitrogens is 1. The van der Waals surface area contributed by atoms with Crippen molar-refractivity contribution in [2.75, 3.05) is 5.73 Å². The maximum Gasteiger partial charge on any atom is 0.104 e. The Hall–Kier alpha value is -1.30. The summed E-state index contributed by atoms with van der Waals surface area (Å²) in [4.78, 5) is 5.94. The molecule has 0 radical (unpaired) electrons. The average molecular weight is 377 g/mol. The van der Waals surface area contributed by atoms with Gasteiger partial charge in [-0.3, -0.25) is 0 Å². The van der Waals surface area contributed by atoms with E-state index in [0.29, 0.717) is 0 Å². The van der Waals surface area contributed by atoms with Crippen LogP contribution in [-0.4, -0.2) is 4.98 Å². The molecule has 1 heterocycles. The predicted molar refractivity (Wildman–Crippen MR) is 95.7 cm³/mol. The standard InChI is InChI=1S/C16H13BrN2S2/c17-12-3-7-14(8-4-12)20-10-16-19-15(9-21-16)11-1-5-13(18)6-2-11/h1-9H,10,18H2. The van der Waals surface area contributed by atoms with E-state index >= 15 is 0 Å². The Morgan fingerprint density at radius 3 is 2.48 bits per heavy atom. The lowest BCUT2D eigenvalue weighted by molar-refractivity contribution is 1.26. The Labute approximate surface area is 140 Å². The zero-order chi connectivity index (χ0) is 14.7. The van der Waals surface area contributed by atoms with E-state index < -0.39 is 0 Å². The van der Waals surface area contributed by atoms with Gasteiger partial charge in [0.25, 0.3) is 0 Å². The van der Waals surface area contributed by atoms with Gasteiger partial charge in [-0.2, -0.15) is 0 Å². The molecular formula is C16H13BrN2S2. The number of rotatable bonds is 4. The molecule has 0 saturated heterocycles. The number of thiazole rings is 1. The third-order valence-corrected chi connectivity index (χ3v) is 5.52.